The van der Waals surface area contributed by atoms with Crippen LogP contribution in [0.5, 0.6) is 0 Å². The molecule has 1 fully saturated rings. The minimum atomic E-state index is -5.08. The van der Waals surface area contributed by atoms with Gasteiger partial charge in [-0.25, -0.2) is 4.79 Å². The smallest absolute Gasteiger partial charge is 0.475 e. The molecule has 7 nitrogen and oxygen atoms in total. The van der Waals surface area contributed by atoms with Gasteiger partial charge in [0.05, 0.1) is 6.04 Å². The molecule has 4 N–H and O–H groups in total. The van der Waals surface area contributed by atoms with Gasteiger partial charge in [0, 0.05) is 25.2 Å². The van der Waals surface area contributed by atoms with E-state index in [4.69, 9.17) is 15.6 Å². The van der Waals surface area contributed by atoms with E-state index in [2.05, 4.69) is 29.6 Å². The number of aryl methyl sites for hydroxylation is 1. The molecule has 2 aliphatic rings. The fraction of sp³-hybridized carbons (Fsp3) is 0.414. The zero-order chi connectivity index (χ0) is 28.4. The topological polar surface area (TPSA) is 113 Å². The normalized spacial score (nSPS) is 16.8. The summed E-state index contributed by atoms with van der Waals surface area (Å²) >= 11 is 0. The van der Waals surface area contributed by atoms with Crippen molar-refractivity contribution < 1.29 is 32.7 Å². The number of carbonyl (C=O) groups excluding carboxylic acids is 2. The Kier molecular flexibility index (Phi) is 10.7. The number of amides is 2. The highest BCUT2D eigenvalue weighted by molar-refractivity contribution is 5.88. The summed E-state index contributed by atoms with van der Waals surface area (Å²) in [7, 11) is 0. The molecule has 1 heterocycles. The Labute approximate surface area is 225 Å². The molecule has 1 aliphatic heterocycles. The maximum Gasteiger partial charge on any atom is 0.490 e. The summed E-state index contributed by atoms with van der Waals surface area (Å²) in [5.74, 6) is -2.63. The number of carboxylic acid groups (broad SMARTS) is 1. The molecule has 0 unspecified atom stereocenters. The minimum Gasteiger partial charge on any atom is -0.475 e. The number of nitrogens with one attached hydrogen (secondary N) is 1. The lowest BCUT2D eigenvalue weighted by molar-refractivity contribution is -0.192. The molecule has 2 amide bonds. The number of hydrogen-bond donors (Lipinski definition) is 3. The number of alkyl halides is 3. The summed E-state index contributed by atoms with van der Waals surface area (Å²) < 4.78 is 31.7. The van der Waals surface area contributed by atoms with Crippen LogP contribution in [0.25, 0.3) is 0 Å². The van der Waals surface area contributed by atoms with Crippen molar-refractivity contribution in [2.75, 3.05) is 0 Å². The summed E-state index contributed by atoms with van der Waals surface area (Å²) in [5, 5.41) is 10.2. The molecule has 0 radical (unpaired) electrons. The Hall–Kier alpha value is -3.66. The second-order valence-corrected chi connectivity index (χ2v) is 9.83. The van der Waals surface area contributed by atoms with Gasteiger partial charge in [0.25, 0.3) is 0 Å². The first-order valence-electron chi connectivity index (χ1n) is 13.0. The highest BCUT2D eigenvalue weighted by atomic mass is 19.4. The van der Waals surface area contributed by atoms with Gasteiger partial charge in [-0.15, -0.1) is 0 Å². The SMILES string of the molecule is N[C@H](C(=O)N[C@H](/C=C/C(=O)N1Cc2ccccc2C1)CCc1ccccc1)C1CCCC1.O=C(O)C(F)(F)F. The highest BCUT2D eigenvalue weighted by Crippen LogP contribution is 2.27. The third-order valence-electron chi connectivity index (χ3n) is 6.99. The Morgan fingerprint density at radius 3 is 2.08 bits per heavy atom. The maximum atomic E-state index is 12.8. The van der Waals surface area contributed by atoms with Crippen molar-refractivity contribution >= 4 is 17.8 Å². The molecule has 2 aromatic rings. The summed E-state index contributed by atoms with van der Waals surface area (Å²) in [6.07, 6.45) is 4.25. The van der Waals surface area contributed by atoms with Crippen molar-refractivity contribution in [1.29, 1.82) is 0 Å². The van der Waals surface area contributed by atoms with Crippen molar-refractivity contribution in [3.05, 3.63) is 83.4 Å². The quantitative estimate of drug-likeness (QED) is 0.427. The van der Waals surface area contributed by atoms with Crippen LogP contribution >= 0.6 is 0 Å². The van der Waals surface area contributed by atoms with Crippen LogP contribution in [-0.4, -0.2) is 46.1 Å². The molecular weight excluding hydrogens is 511 g/mol. The average Bonchev–Trinajstić information content (AvgIpc) is 3.60. The number of rotatable bonds is 8. The minimum absolute atomic E-state index is 0.0275. The van der Waals surface area contributed by atoms with Crippen LogP contribution in [0.2, 0.25) is 0 Å². The number of hydrogen-bond acceptors (Lipinski definition) is 4. The number of aliphatic carboxylic acids is 1. The third kappa shape index (κ3) is 9.24. The molecule has 0 aromatic heterocycles. The summed E-state index contributed by atoms with van der Waals surface area (Å²) in [4.78, 5) is 36.4. The second kappa shape index (κ2) is 13.9. The van der Waals surface area contributed by atoms with Gasteiger partial charge in [0.1, 0.15) is 0 Å². The van der Waals surface area contributed by atoms with E-state index in [0.717, 1.165) is 38.5 Å². The van der Waals surface area contributed by atoms with Gasteiger partial charge in [-0.1, -0.05) is 73.5 Å². The summed E-state index contributed by atoms with van der Waals surface area (Å²) in [5.41, 5.74) is 9.88. The van der Waals surface area contributed by atoms with Gasteiger partial charge < -0.3 is 21.1 Å². The first kappa shape index (κ1) is 29.9. The molecule has 10 heteroatoms. The first-order valence-corrected chi connectivity index (χ1v) is 13.0. The lowest BCUT2D eigenvalue weighted by Gasteiger charge is -2.22. The van der Waals surface area contributed by atoms with E-state index in [-0.39, 0.29) is 23.8 Å². The number of nitrogens with zero attached hydrogens (tertiary/aromatic N) is 1. The molecule has 1 aliphatic carbocycles. The van der Waals surface area contributed by atoms with E-state index < -0.39 is 18.2 Å². The van der Waals surface area contributed by atoms with Crippen LogP contribution in [0.1, 0.15) is 48.8 Å². The van der Waals surface area contributed by atoms with E-state index in [1.54, 1.807) is 6.08 Å². The van der Waals surface area contributed by atoms with Crippen LogP contribution in [0.4, 0.5) is 13.2 Å². The molecule has 0 spiro atoms. The Balaban J connectivity index is 0.000000532. The second-order valence-electron chi connectivity index (χ2n) is 9.83. The fourth-order valence-electron chi connectivity index (χ4n) is 4.79. The number of halogens is 3. The highest BCUT2D eigenvalue weighted by Gasteiger charge is 2.38. The van der Waals surface area contributed by atoms with Crippen LogP contribution in [0.15, 0.2) is 66.7 Å². The molecule has 0 bridgehead atoms. The van der Waals surface area contributed by atoms with E-state index in [0.29, 0.717) is 13.1 Å². The molecule has 4 rings (SSSR count). The monoisotopic (exact) mass is 545 g/mol. The van der Waals surface area contributed by atoms with E-state index in [1.807, 2.05) is 41.3 Å². The fourth-order valence-corrected chi connectivity index (χ4v) is 4.79. The van der Waals surface area contributed by atoms with Gasteiger partial charge in [-0.05, 0) is 48.3 Å². The van der Waals surface area contributed by atoms with E-state index in [9.17, 15) is 22.8 Å². The molecule has 0 saturated heterocycles. The Morgan fingerprint density at radius 2 is 1.54 bits per heavy atom. The van der Waals surface area contributed by atoms with Crippen molar-refractivity contribution in [3.63, 3.8) is 0 Å². The number of carboxylic acids is 1. The number of nitrogens with two attached hydrogens (primary N) is 1. The van der Waals surface area contributed by atoms with Gasteiger partial charge in [0.15, 0.2) is 0 Å². The number of fused-ring (bicyclic) bond motifs is 1. The van der Waals surface area contributed by atoms with E-state index >= 15 is 0 Å². The molecule has 2 aromatic carbocycles. The standard InChI is InChI=1S/C27H33N3O2.C2HF3O2/c28-26(21-10-4-5-11-21)27(32)29-24(15-14-20-8-2-1-3-9-20)16-17-25(31)30-18-22-12-6-7-13-23(22)19-30;3-2(4,5)1(6)7/h1-3,6-9,12-13,16-17,21,24,26H,4-5,10-11,14-15,18-19,28H2,(H,29,32);(H,6,7)/b17-16+;/t24-,26-;/m0./s1. The molecule has 2 atom stereocenters. The molecule has 210 valence electrons. The van der Waals surface area contributed by atoms with Crippen LogP contribution in [0.3, 0.4) is 0 Å². The van der Waals surface area contributed by atoms with Crippen LogP contribution in [-0.2, 0) is 33.9 Å². The van der Waals surface area contributed by atoms with Gasteiger partial charge in [-0.3, -0.25) is 9.59 Å². The van der Waals surface area contributed by atoms with Crippen molar-refractivity contribution in [3.8, 4) is 0 Å². The molecule has 1 saturated carbocycles. The van der Waals surface area contributed by atoms with Crippen LogP contribution < -0.4 is 11.1 Å². The van der Waals surface area contributed by atoms with E-state index in [1.165, 1.54) is 16.7 Å². The largest absolute Gasteiger partial charge is 0.490 e. The van der Waals surface area contributed by atoms with Crippen molar-refractivity contribution in [2.45, 2.75) is 69.9 Å². The molecular formula is C29H34F3N3O4. The summed E-state index contributed by atoms with van der Waals surface area (Å²) in [6.45, 7) is 1.26. The van der Waals surface area contributed by atoms with Gasteiger partial charge >= 0.3 is 12.1 Å². The predicted molar refractivity (Wildman–Crippen MR) is 140 cm³/mol. The maximum absolute atomic E-state index is 12.8. The van der Waals surface area contributed by atoms with Crippen molar-refractivity contribution in [1.82, 2.24) is 10.2 Å². The first-order chi connectivity index (χ1) is 18.5. The Bertz CT molecular complexity index is 1120. The number of carbonyl (C=O) groups is 3. The van der Waals surface area contributed by atoms with Gasteiger partial charge in [0.2, 0.25) is 11.8 Å². The predicted octanol–water partition coefficient (Wildman–Crippen LogP) is 4.35. The third-order valence-corrected chi connectivity index (χ3v) is 6.99. The summed E-state index contributed by atoms with van der Waals surface area (Å²) in [6, 6.07) is 17.6. The lowest BCUT2D eigenvalue weighted by atomic mass is 9.97. The zero-order valence-corrected chi connectivity index (χ0v) is 21.6. The van der Waals surface area contributed by atoms with Crippen LogP contribution in [0, 0.1) is 5.92 Å². The Morgan fingerprint density at radius 1 is 1.00 bits per heavy atom. The zero-order valence-electron chi connectivity index (χ0n) is 21.6. The van der Waals surface area contributed by atoms with Crippen molar-refractivity contribution in [2.24, 2.45) is 11.7 Å². The lowest BCUT2D eigenvalue weighted by Crippen LogP contribution is -2.48. The molecule has 39 heavy (non-hydrogen) atoms. The average molecular weight is 546 g/mol. The number of benzene rings is 2. The van der Waals surface area contributed by atoms with Gasteiger partial charge in [-0.2, -0.15) is 13.2 Å².